The van der Waals surface area contributed by atoms with Gasteiger partial charge in [-0.2, -0.15) is 0 Å². The second-order valence-corrected chi connectivity index (χ2v) is 7.39. The van der Waals surface area contributed by atoms with Gasteiger partial charge in [-0.1, -0.05) is 0 Å². The fourth-order valence-corrected chi connectivity index (χ4v) is 3.99. The standard InChI is InChI=1S/C20H25N3O4/c24-18(21-8-4-5-9-21)13-23-16-12-15(6-7-17(16)27-14-19(23)25)20(26)22-10-2-1-3-11-22/h6-7,12H,1-5,8-11,13-14H2. The number of carbonyl (C=O) groups is 3. The Morgan fingerprint density at radius 1 is 0.926 bits per heavy atom. The summed E-state index contributed by atoms with van der Waals surface area (Å²) in [5.74, 6) is 0.208. The van der Waals surface area contributed by atoms with Gasteiger partial charge in [-0.25, -0.2) is 0 Å². The van der Waals surface area contributed by atoms with Crippen molar-refractivity contribution in [3.8, 4) is 5.75 Å². The summed E-state index contributed by atoms with van der Waals surface area (Å²) in [5.41, 5.74) is 1.05. The van der Waals surface area contributed by atoms with Gasteiger partial charge in [0.25, 0.3) is 11.8 Å². The Morgan fingerprint density at radius 3 is 2.33 bits per heavy atom. The Bertz CT molecular complexity index is 752. The molecule has 0 saturated carbocycles. The number of benzene rings is 1. The number of nitrogens with zero attached hydrogens (tertiary/aromatic N) is 3. The second kappa shape index (κ2) is 7.58. The van der Waals surface area contributed by atoms with Gasteiger partial charge in [-0.05, 0) is 50.3 Å². The first-order valence-corrected chi connectivity index (χ1v) is 9.78. The Labute approximate surface area is 158 Å². The number of hydrogen-bond acceptors (Lipinski definition) is 4. The molecule has 7 nitrogen and oxygen atoms in total. The zero-order chi connectivity index (χ0) is 18.8. The van der Waals surface area contributed by atoms with Crippen molar-refractivity contribution in [3.05, 3.63) is 23.8 Å². The lowest BCUT2D eigenvalue weighted by atomic mass is 10.1. The SMILES string of the molecule is O=C(CN1C(=O)COc2ccc(C(=O)N3CCCCC3)cc21)N1CCCC1. The Balaban J connectivity index is 1.57. The molecule has 2 fully saturated rings. The summed E-state index contributed by atoms with van der Waals surface area (Å²) in [6.45, 7) is 2.94. The number of ether oxygens (including phenoxy) is 1. The number of anilines is 1. The van der Waals surface area contributed by atoms with Crippen LogP contribution in [0.25, 0.3) is 0 Å². The Kier molecular flexibility index (Phi) is 5.01. The van der Waals surface area contributed by atoms with Crippen LogP contribution in [0.3, 0.4) is 0 Å². The number of piperidine rings is 1. The molecule has 0 aromatic heterocycles. The van der Waals surface area contributed by atoms with Crippen LogP contribution in [-0.2, 0) is 9.59 Å². The van der Waals surface area contributed by atoms with Crippen molar-refractivity contribution in [2.75, 3.05) is 44.2 Å². The van der Waals surface area contributed by atoms with Crippen molar-refractivity contribution >= 4 is 23.4 Å². The topological polar surface area (TPSA) is 70.2 Å². The minimum atomic E-state index is -0.252. The molecule has 0 radical (unpaired) electrons. The number of amides is 3. The third-order valence-electron chi connectivity index (χ3n) is 5.54. The maximum atomic E-state index is 12.8. The minimum Gasteiger partial charge on any atom is -0.482 e. The molecule has 3 aliphatic heterocycles. The van der Waals surface area contributed by atoms with E-state index in [9.17, 15) is 14.4 Å². The van der Waals surface area contributed by atoms with Gasteiger partial charge in [0.2, 0.25) is 5.91 Å². The zero-order valence-electron chi connectivity index (χ0n) is 15.5. The molecule has 3 heterocycles. The predicted molar refractivity (Wildman–Crippen MR) is 99.9 cm³/mol. The van der Waals surface area contributed by atoms with Crippen molar-refractivity contribution in [1.29, 1.82) is 0 Å². The highest BCUT2D eigenvalue weighted by molar-refractivity contribution is 6.04. The average molecular weight is 371 g/mol. The van der Waals surface area contributed by atoms with E-state index in [4.69, 9.17) is 4.74 Å². The third-order valence-corrected chi connectivity index (χ3v) is 5.54. The van der Waals surface area contributed by atoms with Crippen LogP contribution >= 0.6 is 0 Å². The van der Waals surface area contributed by atoms with Crippen LogP contribution < -0.4 is 9.64 Å². The molecule has 0 N–H and O–H groups in total. The molecule has 1 aromatic carbocycles. The normalized spacial score (nSPS) is 19.7. The van der Waals surface area contributed by atoms with Crippen LogP contribution in [0.15, 0.2) is 18.2 Å². The average Bonchev–Trinajstić information content (AvgIpc) is 3.25. The summed E-state index contributed by atoms with van der Waals surface area (Å²) >= 11 is 0. The highest BCUT2D eigenvalue weighted by Crippen LogP contribution is 2.33. The molecule has 3 aliphatic rings. The number of rotatable bonds is 3. The van der Waals surface area contributed by atoms with E-state index in [-0.39, 0.29) is 30.9 Å². The lowest BCUT2D eigenvalue weighted by Crippen LogP contribution is -2.46. The van der Waals surface area contributed by atoms with E-state index < -0.39 is 0 Å². The van der Waals surface area contributed by atoms with Crippen LogP contribution in [0.1, 0.15) is 42.5 Å². The van der Waals surface area contributed by atoms with Crippen molar-refractivity contribution in [1.82, 2.24) is 9.80 Å². The van der Waals surface area contributed by atoms with E-state index in [1.165, 1.54) is 4.90 Å². The maximum absolute atomic E-state index is 12.8. The fourth-order valence-electron chi connectivity index (χ4n) is 3.99. The molecule has 0 aliphatic carbocycles. The van der Waals surface area contributed by atoms with E-state index in [1.54, 1.807) is 23.1 Å². The molecule has 2 saturated heterocycles. The largest absolute Gasteiger partial charge is 0.482 e. The first-order valence-electron chi connectivity index (χ1n) is 9.78. The minimum absolute atomic E-state index is 0.00342. The van der Waals surface area contributed by atoms with E-state index in [0.717, 1.165) is 58.3 Å². The molecular weight excluding hydrogens is 346 g/mol. The van der Waals surface area contributed by atoms with Gasteiger partial charge in [-0.15, -0.1) is 0 Å². The molecule has 0 atom stereocenters. The van der Waals surface area contributed by atoms with Crippen LogP contribution in [0, 0.1) is 0 Å². The molecule has 0 spiro atoms. The van der Waals surface area contributed by atoms with Gasteiger partial charge in [0, 0.05) is 31.7 Å². The Hall–Kier alpha value is -2.57. The van der Waals surface area contributed by atoms with Crippen LogP contribution in [0.5, 0.6) is 5.75 Å². The summed E-state index contributed by atoms with van der Waals surface area (Å²) < 4.78 is 5.51. The summed E-state index contributed by atoms with van der Waals surface area (Å²) in [4.78, 5) is 42.9. The summed E-state index contributed by atoms with van der Waals surface area (Å²) in [5, 5.41) is 0. The first-order chi connectivity index (χ1) is 13.1. The molecule has 0 unspecified atom stereocenters. The molecule has 27 heavy (non-hydrogen) atoms. The van der Waals surface area contributed by atoms with E-state index >= 15 is 0 Å². The number of likely N-dealkylation sites (tertiary alicyclic amines) is 2. The van der Waals surface area contributed by atoms with Gasteiger partial charge in [0.15, 0.2) is 6.61 Å². The van der Waals surface area contributed by atoms with E-state index in [1.807, 2.05) is 4.90 Å². The molecule has 144 valence electrons. The second-order valence-electron chi connectivity index (χ2n) is 7.39. The molecule has 3 amide bonds. The van der Waals surface area contributed by atoms with Gasteiger partial charge < -0.3 is 14.5 Å². The van der Waals surface area contributed by atoms with Gasteiger partial charge in [0.05, 0.1) is 5.69 Å². The molecule has 7 heteroatoms. The highest BCUT2D eigenvalue weighted by atomic mass is 16.5. The predicted octanol–water partition coefficient (Wildman–Crippen LogP) is 1.66. The maximum Gasteiger partial charge on any atom is 0.265 e. The Morgan fingerprint density at radius 2 is 1.59 bits per heavy atom. The molecule has 0 bridgehead atoms. The van der Waals surface area contributed by atoms with Crippen LogP contribution in [0.2, 0.25) is 0 Å². The summed E-state index contributed by atoms with van der Waals surface area (Å²) in [6, 6.07) is 5.17. The zero-order valence-corrected chi connectivity index (χ0v) is 15.5. The lowest BCUT2D eigenvalue weighted by molar-refractivity contribution is -0.131. The number of hydrogen-bond donors (Lipinski definition) is 0. The third kappa shape index (κ3) is 3.63. The highest BCUT2D eigenvalue weighted by Gasteiger charge is 2.31. The van der Waals surface area contributed by atoms with E-state index in [2.05, 4.69) is 0 Å². The van der Waals surface area contributed by atoms with Crippen LogP contribution in [0.4, 0.5) is 5.69 Å². The van der Waals surface area contributed by atoms with Gasteiger partial charge in [0.1, 0.15) is 12.3 Å². The molecule has 4 rings (SSSR count). The lowest BCUT2D eigenvalue weighted by Gasteiger charge is -2.31. The molecular formula is C20H25N3O4. The summed E-state index contributed by atoms with van der Waals surface area (Å²) in [7, 11) is 0. The number of fused-ring (bicyclic) bond motifs is 1. The van der Waals surface area contributed by atoms with Crippen molar-refractivity contribution < 1.29 is 19.1 Å². The molecule has 1 aromatic rings. The smallest absolute Gasteiger partial charge is 0.265 e. The summed E-state index contributed by atoms with van der Waals surface area (Å²) in [6.07, 6.45) is 5.22. The van der Waals surface area contributed by atoms with Crippen molar-refractivity contribution in [2.24, 2.45) is 0 Å². The van der Waals surface area contributed by atoms with Gasteiger partial charge in [-0.3, -0.25) is 19.3 Å². The van der Waals surface area contributed by atoms with Crippen molar-refractivity contribution in [2.45, 2.75) is 32.1 Å². The number of carbonyl (C=O) groups excluding carboxylic acids is 3. The van der Waals surface area contributed by atoms with E-state index in [0.29, 0.717) is 17.0 Å². The monoisotopic (exact) mass is 371 g/mol. The van der Waals surface area contributed by atoms with Crippen molar-refractivity contribution in [3.63, 3.8) is 0 Å². The fraction of sp³-hybridized carbons (Fsp3) is 0.550. The van der Waals surface area contributed by atoms with Crippen LogP contribution in [-0.4, -0.2) is 66.9 Å². The first kappa shape index (κ1) is 17.8. The van der Waals surface area contributed by atoms with Gasteiger partial charge >= 0.3 is 0 Å². The quantitative estimate of drug-likeness (QED) is 0.810.